The number of hydrogen-bond acceptors (Lipinski definition) is 5. The second-order valence-corrected chi connectivity index (χ2v) is 5.03. The van der Waals surface area contributed by atoms with Gasteiger partial charge in [-0.25, -0.2) is 9.97 Å². The van der Waals surface area contributed by atoms with Crippen LogP contribution in [-0.4, -0.2) is 22.4 Å². The van der Waals surface area contributed by atoms with E-state index < -0.39 is 0 Å². The summed E-state index contributed by atoms with van der Waals surface area (Å²) < 4.78 is 0. The van der Waals surface area contributed by atoms with Gasteiger partial charge in [0.1, 0.15) is 17.6 Å². The first-order valence-corrected chi connectivity index (χ1v) is 7.61. The number of nitrogens with one attached hydrogen (secondary N) is 2. The quantitative estimate of drug-likeness (QED) is 0.767. The predicted octanol–water partition coefficient (Wildman–Crippen LogP) is 3.01. The van der Waals surface area contributed by atoms with Gasteiger partial charge in [0, 0.05) is 6.54 Å². The standard InChI is InChI=1S/C17H19N5O/c1-2-3-6-9-19-17(23)15-11-21-16(12-20-15)22-14-8-5-4-7-13(14)10-18/h4-5,7-8,11-12H,2-3,6,9H2,1H3,(H,19,23)(H,21,22). The molecule has 0 unspecified atom stereocenters. The summed E-state index contributed by atoms with van der Waals surface area (Å²) in [5, 5.41) is 14.9. The van der Waals surface area contributed by atoms with Gasteiger partial charge in [-0.15, -0.1) is 0 Å². The molecule has 1 aromatic heterocycles. The van der Waals surface area contributed by atoms with Gasteiger partial charge in [0.15, 0.2) is 0 Å². The van der Waals surface area contributed by atoms with Gasteiger partial charge in [-0.3, -0.25) is 4.79 Å². The molecule has 118 valence electrons. The number of anilines is 2. The number of amides is 1. The van der Waals surface area contributed by atoms with E-state index in [1.165, 1.54) is 12.4 Å². The molecule has 2 aromatic rings. The largest absolute Gasteiger partial charge is 0.351 e. The lowest BCUT2D eigenvalue weighted by Crippen LogP contribution is -2.25. The van der Waals surface area contributed by atoms with E-state index in [-0.39, 0.29) is 11.6 Å². The highest BCUT2D eigenvalue weighted by Gasteiger charge is 2.08. The van der Waals surface area contributed by atoms with Gasteiger partial charge >= 0.3 is 0 Å². The zero-order valence-corrected chi connectivity index (χ0v) is 13.0. The topological polar surface area (TPSA) is 90.7 Å². The summed E-state index contributed by atoms with van der Waals surface area (Å²) in [7, 11) is 0. The van der Waals surface area contributed by atoms with E-state index in [0.29, 0.717) is 23.6 Å². The Balaban J connectivity index is 1.97. The van der Waals surface area contributed by atoms with Crippen molar-refractivity contribution < 1.29 is 4.79 Å². The summed E-state index contributed by atoms with van der Waals surface area (Å²) in [4.78, 5) is 20.2. The number of hydrogen-bond donors (Lipinski definition) is 2. The summed E-state index contributed by atoms with van der Waals surface area (Å²) in [6, 6.07) is 9.23. The molecule has 0 atom stereocenters. The van der Waals surface area contributed by atoms with Gasteiger partial charge in [0.2, 0.25) is 0 Å². The van der Waals surface area contributed by atoms with Crippen molar-refractivity contribution in [3.63, 3.8) is 0 Å². The van der Waals surface area contributed by atoms with Crippen LogP contribution in [0.5, 0.6) is 0 Å². The number of para-hydroxylation sites is 1. The number of carbonyl (C=O) groups is 1. The molecule has 0 spiro atoms. The molecule has 2 rings (SSSR count). The van der Waals surface area contributed by atoms with E-state index in [1.54, 1.807) is 18.2 Å². The summed E-state index contributed by atoms with van der Waals surface area (Å²) in [5.74, 6) is 0.257. The van der Waals surface area contributed by atoms with Crippen LogP contribution >= 0.6 is 0 Å². The second-order valence-electron chi connectivity index (χ2n) is 5.03. The minimum absolute atomic E-state index is 0.224. The molecule has 0 aliphatic carbocycles. The number of carbonyl (C=O) groups excluding carboxylic acids is 1. The maximum Gasteiger partial charge on any atom is 0.271 e. The summed E-state index contributed by atoms with van der Waals surface area (Å²) in [5.41, 5.74) is 1.45. The molecule has 0 radical (unpaired) electrons. The van der Waals surface area contributed by atoms with Gasteiger partial charge < -0.3 is 10.6 Å². The smallest absolute Gasteiger partial charge is 0.271 e. The third kappa shape index (κ3) is 4.78. The van der Waals surface area contributed by atoms with Gasteiger partial charge in [-0.1, -0.05) is 31.9 Å². The third-order valence-electron chi connectivity index (χ3n) is 3.26. The number of nitrogens with zero attached hydrogens (tertiary/aromatic N) is 3. The fraction of sp³-hybridized carbons (Fsp3) is 0.294. The van der Waals surface area contributed by atoms with E-state index in [1.807, 2.05) is 6.07 Å². The Morgan fingerprint density at radius 3 is 2.74 bits per heavy atom. The normalized spacial score (nSPS) is 9.91. The summed E-state index contributed by atoms with van der Waals surface area (Å²) in [6.45, 7) is 2.76. The van der Waals surface area contributed by atoms with Crippen LogP contribution < -0.4 is 10.6 Å². The molecule has 0 aliphatic heterocycles. The van der Waals surface area contributed by atoms with Crippen LogP contribution in [0.25, 0.3) is 0 Å². The maximum atomic E-state index is 11.9. The predicted molar refractivity (Wildman–Crippen MR) is 88.3 cm³/mol. The first kappa shape index (κ1) is 16.4. The SMILES string of the molecule is CCCCCNC(=O)c1cnc(Nc2ccccc2C#N)cn1. The van der Waals surface area contributed by atoms with Gasteiger partial charge in [-0.2, -0.15) is 5.26 Å². The molecule has 0 saturated heterocycles. The van der Waals surface area contributed by atoms with Crippen molar-refractivity contribution in [3.05, 3.63) is 47.9 Å². The lowest BCUT2D eigenvalue weighted by Gasteiger charge is -2.08. The summed E-state index contributed by atoms with van der Waals surface area (Å²) >= 11 is 0. The lowest BCUT2D eigenvalue weighted by molar-refractivity contribution is 0.0947. The molecular formula is C17H19N5O. The van der Waals surface area contributed by atoms with Crippen LogP contribution in [0.4, 0.5) is 11.5 Å². The third-order valence-corrected chi connectivity index (χ3v) is 3.26. The fourth-order valence-corrected chi connectivity index (χ4v) is 2.00. The molecule has 2 N–H and O–H groups in total. The second kappa shape index (κ2) is 8.49. The Hall–Kier alpha value is -2.94. The fourth-order valence-electron chi connectivity index (χ4n) is 2.00. The number of nitriles is 1. The summed E-state index contributed by atoms with van der Waals surface area (Å²) in [6.07, 6.45) is 6.06. The highest BCUT2D eigenvalue weighted by Crippen LogP contribution is 2.17. The van der Waals surface area contributed by atoms with Gasteiger partial charge in [-0.05, 0) is 18.6 Å². The Labute approximate surface area is 135 Å². The minimum Gasteiger partial charge on any atom is -0.351 e. The number of unbranched alkanes of at least 4 members (excludes halogenated alkanes) is 2. The minimum atomic E-state index is -0.224. The van der Waals surface area contributed by atoms with Gasteiger partial charge in [0.25, 0.3) is 5.91 Å². The molecule has 1 aromatic carbocycles. The highest BCUT2D eigenvalue weighted by molar-refractivity contribution is 5.92. The van der Waals surface area contributed by atoms with Crippen LogP contribution in [0.3, 0.4) is 0 Å². The number of aromatic nitrogens is 2. The van der Waals surface area contributed by atoms with Crippen LogP contribution in [-0.2, 0) is 0 Å². The molecule has 0 aliphatic rings. The molecule has 0 saturated carbocycles. The Morgan fingerprint density at radius 2 is 2.04 bits per heavy atom. The van der Waals surface area contributed by atoms with Crippen LogP contribution in [0.1, 0.15) is 42.2 Å². The van der Waals surface area contributed by atoms with Crippen LogP contribution in [0, 0.1) is 11.3 Å². The number of rotatable bonds is 7. The van der Waals surface area contributed by atoms with Crippen molar-refractivity contribution in [2.75, 3.05) is 11.9 Å². The molecular weight excluding hydrogens is 290 g/mol. The molecule has 1 amide bonds. The van der Waals surface area contributed by atoms with Crippen LogP contribution in [0.2, 0.25) is 0 Å². The zero-order valence-electron chi connectivity index (χ0n) is 13.0. The molecule has 0 fully saturated rings. The average molecular weight is 309 g/mol. The van der Waals surface area contributed by atoms with Crippen molar-refractivity contribution in [1.29, 1.82) is 5.26 Å². The van der Waals surface area contributed by atoms with Crippen molar-refractivity contribution in [2.24, 2.45) is 0 Å². The Bertz CT molecular complexity index is 691. The van der Waals surface area contributed by atoms with Crippen molar-refractivity contribution >= 4 is 17.4 Å². The van der Waals surface area contributed by atoms with E-state index >= 15 is 0 Å². The van der Waals surface area contributed by atoms with Gasteiger partial charge in [0.05, 0.1) is 23.6 Å². The Kier molecular flexibility index (Phi) is 6.07. The van der Waals surface area contributed by atoms with E-state index in [2.05, 4.69) is 33.6 Å². The highest BCUT2D eigenvalue weighted by atomic mass is 16.1. The molecule has 6 heteroatoms. The van der Waals surface area contributed by atoms with E-state index in [4.69, 9.17) is 5.26 Å². The molecule has 23 heavy (non-hydrogen) atoms. The number of benzene rings is 1. The van der Waals surface area contributed by atoms with Crippen LogP contribution in [0.15, 0.2) is 36.7 Å². The van der Waals surface area contributed by atoms with E-state index in [9.17, 15) is 4.79 Å². The molecule has 0 bridgehead atoms. The van der Waals surface area contributed by atoms with E-state index in [0.717, 1.165) is 19.3 Å². The monoisotopic (exact) mass is 309 g/mol. The van der Waals surface area contributed by atoms with Crippen molar-refractivity contribution in [1.82, 2.24) is 15.3 Å². The molecule has 6 nitrogen and oxygen atoms in total. The maximum absolute atomic E-state index is 11.9. The average Bonchev–Trinajstić information content (AvgIpc) is 2.59. The first-order chi connectivity index (χ1) is 11.2. The van der Waals surface area contributed by atoms with Crippen molar-refractivity contribution in [2.45, 2.75) is 26.2 Å². The Morgan fingerprint density at radius 1 is 1.22 bits per heavy atom. The van der Waals surface area contributed by atoms with Crippen molar-refractivity contribution in [3.8, 4) is 6.07 Å². The zero-order chi connectivity index (χ0) is 16.5. The molecule has 1 heterocycles. The lowest BCUT2D eigenvalue weighted by atomic mass is 10.2. The first-order valence-electron chi connectivity index (χ1n) is 7.61.